The highest BCUT2D eigenvalue weighted by Gasteiger charge is 2.15. The highest BCUT2D eigenvalue weighted by atomic mass is 35.5. The van der Waals surface area contributed by atoms with Crippen LogP contribution in [0.2, 0.25) is 5.02 Å². The Labute approximate surface area is 93.5 Å². The van der Waals surface area contributed by atoms with Gasteiger partial charge < -0.3 is 0 Å². The number of hydrogen-bond acceptors (Lipinski definition) is 2. The molecule has 15 heavy (non-hydrogen) atoms. The fourth-order valence-corrected chi connectivity index (χ4v) is 1.40. The first-order valence-corrected chi connectivity index (χ1v) is 5.00. The van der Waals surface area contributed by atoms with Crippen LogP contribution in [0.3, 0.4) is 0 Å². The second kappa shape index (κ2) is 4.94. The number of nitrogens with zero attached hydrogens (tertiary/aromatic N) is 1. The minimum absolute atomic E-state index is 0.112. The van der Waals surface area contributed by atoms with Crippen LogP contribution in [-0.4, -0.2) is 4.92 Å². The molecule has 0 atom stereocenters. The van der Waals surface area contributed by atoms with Crippen LogP contribution in [0.1, 0.15) is 19.4 Å². The van der Waals surface area contributed by atoms with Crippen LogP contribution in [0.4, 0.5) is 0 Å². The molecular weight excluding hydrogens is 214 g/mol. The number of rotatable bonds is 3. The SMILES string of the molecule is CC(C)/C(=C/c1cccc(Cl)c1)[N+](=O)[O-]. The zero-order valence-corrected chi connectivity index (χ0v) is 9.36. The largest absolute Gasteiger partial charge is 0.259 e. The van der Waals surface area contributed by atoms with Crippen LogP contribution in [-0.2, 0) is 0 Å². The molecule has 0 saturated carbocycles. The molecule has 0 saturated heterocycles. The molecule has 80 valence electrons. The van der Waals surface area contributed by atoms with Crippen molar-refractivity contribution in [3.8, 4) is 0 Å². The Morgan fingerprint density at radius 3 is 2.67 bits per heavy atom. The number of nitro groups is 1. The van der Waals surface area contributed by atoms with Gasteiger partial charge in [0.2, 0.25) is 5.70 Å². The molecule has 1 rings (SSSR count). The lowest BCUT2D eigenvalue weighted by Crippen LogP contribution is -2.05. The van der Waals surface area contributed by atoms with Crippen LogP contribution in [0.25, 0.3) is 6.08 Å². The summed E-state index contributed by atoms with van der Waals surface area (Å²) in [4.78, 5) is 10.4. The molecule has 0 aliphatic rings. The van der Waals surface area contributed by atoms with Gasteiger partial charge in [-0.25, -0.2) is 0 Å². The van der Waals surface area contributed by atoms with Crippen LogP contribution in [0.15, 0.2) is 30.0 Å². The quantitative estimate of drug-likeness (QED) is 0.583. The van der Waals surface area contributed by atoms with E-state index in [9.17, 15) is 10.1 Å². The molecule has 0 amide bonds. The molecule has 0 aliphatic heterocycles. The minimum Gasteiger partial charge on any atom is -0.259 e. The maximum atomic E-state index is 10.7. The number of halogens is 1. The van der Waals surface area contributed by atoms with Gasteiger partial charge in [0.15, 0.2) is 0 Å². The molecule has 0 radical (unpaired) electrons. The van der Waals surface area contributed by atoms with E-state index in [0.717, 1.165) is 5.56 Å². The first-order chi connectivity index (χ1) is 7.00. The summed E-state index contributed by atoms with van der Waals surface area (Å²) in [6.45, 7) is 3.58. The third-order valence-corrected chi connectivity index (χ3v) is 2.20. The van der Waals surface area contributed by atoms with Gasteiger partial charge in [-0.1, -0.05) is 37.6 Å². The monoisotopic (exact) mass is 225 g/mol. The van der Waals surface area contributed by atoms with Gasteiger partial charge >= 0.3 is 0 Å². The van der Waals surface area contributed by atoms with Crippen molar-refractivity contribution in [2.75, 3.05) is 0 Å². The van der Waals surface area contributed by atoms with E-state index in [0.29, 0.717) is 5.02 Å². The molecule has 1 aromatic carbocycles. The predicted octanol–water partition coefficient (Wildman–Crippen LogP) is 3.61. The second-order valence-corrected chi connectivity index (χ2v) is 3.97. The van der Waals surface area contributed by atoms with Gasteiger partial charge in [0.05, 0.1) is 4.92 Å². The Kier molecular flexibility index (Phi) is 3.86. The molecule has 0 heterocycles. The Morgan fingerprint density at radius 1 is 1.53 bits per heavy atom. The Hall–Kier alpha value is -1.35. The maximum absolute atomic E-state index is 10.7. The molecule has 0 aromatic heterocycles. The van der Waals surface area contributed by atoms with E-state index in [2.05, 4.69) is 0 Å². The smallest absolute Gasteiger partial charge is 0.249 e. The molecule has 0 N–H and O–H groups in total. The lowest BCUT2D eigenvalue weighted by atomic mass is 10.1. The second-order valence-electron chi connectivity index (χ2n) is 3.54. The summed E-state index contributed by atoms with van der Waals surface area (Å²) in [5, 5.41) is 11.3. The van der Waals surface area contributed by atoms with E-state index in [1.807, 2.05) is 0 Å². The third-order valence-electron chi connectivity index (χ3n) is 1.97. The molecule has 0 bridgehead atoms. The lowest BCUT2D eigenvalue weighted by molar-refractivity contribution is -0.431. The molecule has 1 aromatic rings. The average molecular weight is 226 g/mol. The highest BCUT2D eigenvalue weighted by molar-refractivity contribution is 6.30. The maximum Gasteiger partial charge on any atom is 0.249 e. The zero-order chi connectivity index (χ0) is 11.4. The first-order valence-electron chi connectivity index (χ1n) is 4.62. The minimum atomic E-state index is -0.356. The fraction of sp³-hybridized carbons (Fsp3) is 0.273. The van der Waals surface area contributed by atoms with Crippen molar-refractivity contribution in [3.63, 3.8) is 0 Å². The summed E-state index contributed by atoms with van der Waals surface area (Å²) >= 11 is 5.79. The van der Waals surface area contributed by atoms with E-state index in [1.165, 1.54) is 0 Å². The molecule has 0 spiro atoms. The van der Waals surface area contributed by atoms with Crippen molar-refractivity contribution >= 4 is 17.7 Å². The van der Waals surface area contributed by atoms with Gasteiger partial charge in [0.25, 0.3) is 0 Å². The van der Waals surface area contributed by atoms with E-state index in [-0.39, 0.29) is 16.5 Å². The lowest BCUT2D eigenvalue weighted by Gasteiger charge is -2.01. The average Bonchev–Trinajstić information content (AvgIpc) is 2.13. The summed E-state index contributed by atoms with van der Waals surface area (Å²) in [6.07, 6.45) is 1.55. The van der Waals surface area contributed by atoms with E-state index in [4.69, 9.17) is 11.6 Å². The Balaban J connectivity index is 3.08. The van der Waals surface area contributed by atoms with Crippen molar-refractivity contribution in [1.82, 2.24) is 0 Å². The van der Waals surface area contributed by atoms with E-state index in [1.54, 1.807) is 44.2 Å². The van der Waals surface area contributed by atoms with Crippen molar-refractivity contribution in [2.24, 2.45) is 5.92 Å². The van der Waals surface area contributed by atoms with E-state index >= 15 is 0 Å². The first kappa shape index (κ1) is 11.7. The standard InChI is InChI=1S/C11H12ClNO2/c1-8(2)11(13(14)15)7-9-4-3-5-10(12)6-9/h3-8H,1-2H3/b11-7-. The summed E-state index contributed by atoms with van der Waals surface area (Å²) in [6, 6.07) is 7.00. The molecule has 0 fully saturated rings. The Morgan fingerprint density at radius 2 is 2.20 bits per heavy atom. The summed E-state index contributed by atoms with van der Waals surface area (Å²) in [7, 11) is 0. The van der Waals surface area contributed by atoms with Gasteiger partial charge in [-0.2, -0.15) is 0 Å². The van der Waals surface area contributed by atoms with Gasteiger partial charge in [-0.15, -0.1) is 0 Å². The van der Waals surface area contributed by atoms with E-state index < -0.39 is 0 Å². The van der Waals surface area contributed by atoms with Crippen LogP contribution in [0.5, 0.6) is 0 Å². The van der Waals surface area contributed by atoms with Gasteiger partial charge in [0.1, 0.15) is 0 Å². The molecular formula is C11H12ClNO2. The Bertz CT molecular complexity index is 399. The molecule has 3 nitrogen and oxygen atoms in total. The van der Waals surface area contributed by atoms with Crippen molar-refractivity contribution in [1.29, 1.82) is 0 Å². The van der Waals surface area contributed by atoms with Crippen molar-refractivity contribution in [3.05, 3.63) is 50.7 Å². The predicted molar refractivity (Wildman–Crippen MR) is 61.3 cm³/mol. The highest BCUT2D eigenvalue weighted by Crippen LogP contribution is 2.17. The molecule has 0 aliphatic carbocycles. The molecule has 0 unspecified atom stereocenters. The van der Waals surface area contributed by atoms with Crippen LogP contribution < -0.4 is 0 Å². The number of allylic oxidation sites excluding steroid dienone is 1. The fourth-order valence-electron chi connectivity index (χ4n) is 1.20. The normalized spacial score (nSPS) is 11.9. The summed E-state index contributed by atoms with van der Waals surface area (Å²) in [5.41, 5.74) is 0.945. The van der Waals surface area contributed by atoms with Crippen molar-refractivity contribution in [2.45, 2.75) is 13.8 Å². The third kappa shape index (κ3) is 3.36. The summed E-state index contributed by atoms with van der Waals surface area (Å²) < 4.78 is 0. The van der Waals surface area contributed by atoms with Crippen molar-refractivity contribution < 1.29 is 4.92 Å². The number of benzene rings is 1. The molecule has 4 heteroatoms. The van der Waals surface area contributed by atoms with Gasteiger partial charge in [-0.3, -0.25) is 10.1 Å². The zero-order valence-electron chi connectivity index (χ0n) is 8.61. The van der Waals surface area contributed by atoms with Crippen LogP contribution >= 0.6 is 11.6 Å². The van der Waals surface area contributed by atoms with Gasteiger partial charge in [-0.05, 0) is 17.7 Å². The van der Waals surface area contributed by atoms with Crippen LogP contribution in [0, 0.1) is 16.0 Å². The summed E-state index contributed by atoms with van der Waals surface area (Å²) in [5.74, 6) is -0.112. The number of hydrogen-bond donors (Lipinski definition) is 0. The topological polar surface area (TPSA) is 43.1 Å². The van der Waals surface area contributed by atoms with Gasteiger partial charge in [0, 0.05) is 17.0 Å².